The van der Waals surface area contributed by atoms with E-state index in [1.165, 1.54) is 0 Å². The van der Waals surface area contributed by atoms with E-state index in [9.17, 15) is 18.3 Å². The second kappa shape index (κ2) is 9.17. The van der Waals surface area contributed by atoms with E-state index < -0.39 is 18.2 Å². The number of imidazole rings is 1. The summed E-state index contributed by atoms with van der Waals surface area (Å²) in [6, 6.07) is 4.54. The molecular weight excluding hydrogens is 435 g/mol. The van der Waals surface area contributed by atoms with Gasteiger partial charge in [0.05, 0.1) is 34.5 Å². The topological polar surface area (TPSA) is 115 Å². The molecule has 8 nitrogen and oxygen atoms in total. The monoisotopic (exact) mass is 455 g/mol. The van der Waals surface area contributed by atoms with Gasteiger partial charge in [-0.3, -0.25) is 9.88 Å². The van der Waals surface area contributed by atoms with Gasteiger partial charge in [-0.25, -0.2) is 9.78 Å². The molecule has 0 radical (unpaired) electrons. The number of piperidine rings is 1. The predicted molar refractivity (Wildman–Crippen MR) is 108 cm³/mol. The van der Waals surface area contributed by atoms with Gasteiger partial charge in [-0.15, -0.1) is 11.3 Å². The number of halogens is 3. The average Bonchev–Trinajstić information content (AvgIpc) is 3.32. The molecule has 0 spiro atoms. The first-order chi connectivity index (χ1) is 14.6. The summed E-state index contributed by atoms with van der Waals surface area (Å²) in [5.74, 6) is -2.04. The summed E-state index contributed by atoms with van der Waals surface area (Å²) < 4.78 is 35.1. The fourth-order valence-corrected chi connectivity index (χ4v) is 4.49. The van der Waals surface area contributed by atoms with E-state index in [-0.39, 0.29) is 0 Å². The molecule has 166 valence electrons. The van der Waals surface area contributed by atoms with E-state index in [1.54, 1.807) is 24.5 Å². The molecule has 3 aromatic rings. The van der Waals surface area contributed by atoms with Gasteiger partial charge in [-0.1, -0.05) is 0 Å². The van der Waals surface area contributed by atoms with Crippen LogP contribution in [-0.2, 0) is 4.79 Å². The third-order valence-corrected chi connectivity index (χ3v) is 5.89. The molecule has 1 saturated heterocycles. The number of aliphatic hydroxyl groups excluding tert-OH is 1. The molecule has 0 saturated carbocycles. The van der Waals surface area contributed by atoms with Gasteiger partial charge in [0.1, 0.15) is 17.4 Å². The first-order valence-electron chi connectivity index (χ1n) is 9.45. The maximum absolute atomic E-state index is 10.6. The molecule has 2 N–H and O–H groups in total. The molecule has 31 heavy (non-hydrogen) atoms. The fourth-order valence-electron chi connectivity index (χ4n) is 3.60. The molecule has 0 aromatic carbocycles. The van der Waals surface area contributed by atoms with Crippen LogP contribution in [0.5, 0.6) is 0 Å². The number of hydrogen-bond donors (Lipinski definition) is 2. The number of carbonyl (C=O) groups is 1. The van der Waals surface area contributed by atoms with E-state index >= 15 is 0 Å². The number of thiophene rings is 1. The summed E-state index contributed by atoms with van der Waals surface area (Å²) in [6.07, 6.45) is -1.98. The van der Waals surface area contributed by atoms with Gasteiger partial charge in [0, 0.05) is 19.1 Å². The highest BCUT2D eigenvalue weighted by molar-refractivity contribution is 7.18. The minimum absolute atomic E-state index is 0.294. The lowest BCUT2D eigenvalue weighted by atomic mass is 10.0. The number of carboxylic acid groups (broad SMARTS) is 1. The maximum Gasteiger partial charge on any atom is 0.490 e. The van der Waals surface area contributed by atoms with Crippen LogP contribution in [0.1, 0.15) is 37.7 Å². The largest absolute Gasteiger partial charge is 0.490 e. The second-order valence-electron chi connectivity index (χ2n) is 7.11. The standard InChI is InChI=1S/C17H19N5OS.C2HF3O2/c1-11(23)17-20-14-10-19-13-4-9-24-16(13)15(14)22(17)12-2-6-21(7-3-12)8-5-18;3-2(4,5)1(6)7/h4,9-12,23H,2-3,6-8H2,1H3;(H,6,7)/t11-;/m1./s1. The number of nitriles is 1. The highest BCUT2D eigenvalue weighted by Gasteiger charge is 2.38. The van der Waals surface area contributed by atoms with Crippen molar-refractivity contribution in [2.24, 2.45) is 0 Å². The van der Waals surface area contributed by atoms with Crippen molar-refractivity contribution in [2.45, 2.75) is 38.1 Å². The van der Waals surface area contributed by atoms with Gasteiger partial charge < -0.3 is 14.8 Å². The Morgan fingerprint density at radius 1 is 1.39 bits per heavy atom. The number of fused-ring (bicyclic) bond motifs is 3. The molecule has 1 atom stereocenters. The Balaban J connectivity index is 0.000000339. The highest BCUT2D eigenvalue weighted by atomic mass is 32.1. The number of rotatable bonds is 3. The van der Waals surface area contributed by atoms with Gasteiger partial charge in [0.2, 0.25) is 0 Å². The zero-order valence-corrected chi connectivity index (χ0v) is 17.3. The van der Waals surface area contributed by atoms with Crippen molar-refractivity contribution in [3.63, 3.8) is 0 Å². The van der Waals surface area contributed by atoms with Crippen LogP contribution in [0, 0.1) is 11.3 Å². The van der Waals surface area contributed by atoms with Gasteiger partial charge in [-0.2, -0.15) is 18.4 Å². The smallest absolute Gasteiger partial charge is 0.475 e. The Labute approximate surface area is 179 Å². The summed E-state index contributed by atoms with van der Waals surface area (Å²) in [5, 5.41) is 28.3. The van der Waals surface area contributed by atoms with Crippen molar-refractivity contribution in [2.75, 3.05) is 19.6 Å². The zero-order valence-electron chi connectivity index (χ0n) is 16.5. The van der Waals surface area contributed by atoms with Crippen molar-refractivity contribution in [1.29, 1.82) is 5.26 Å². The lowest BCUT2D eigenvalue weighted by Crippen LogP contribution is -2.35. The van der Waals surface area contributed by atoms with Gasteiger partial charge in [0.25, 0.3) is 0 Å². The van der Waals surface area contributed by atoms with Crippen LogP contribution < -0.4 is 0 Å². The Morgan fingerprint density at radius 3 is 2.58 bits per heavy atom. The first-order valence-corrected chi connectivity index (χ1v) is 10.3. The number of hydrogen-bond acceptors (Lipinski definition) is 7. The third-order valence-electron chi connectivity index (χ3n) is 4.98. The van der Waals surface area contributed by atoms with Crippen LogP contribution in [-0.4, -0.2) is 61.4 Å². The lowest BCUT2D eigenvalue weighted by molar-refractivity contribution is -0.192. The third kappa shape index (κ3) is 4.95. The molecule has 0 bridgehead atoms. The average molecular weight is 455 g/mol. The minimum atomic E-state index is -5.08. The van der Waals surface area contributed by atoms with Crippen LogP contribution >= 0.6 is 11.3 Å². The second-order valence-corrected chi connectivity index (χ2v) is 8.03. The first kappa shape index (κ1) is 22.9. The van der Waals surface area contributed by atoms with Crippen LogP contribution in [0.3, 0.4) is 0 Å². The summed E-state index contributed by atoms with van der Waals surface area (Å²) in [5.41, 5.74) is 2.91. The SMILES string of the molecule is C[C@@H](O)c1nc2cnc3ccsc3c2n1C1CCN(CC#N)CC1.O=C(O)C(F)(F)F. The molecule has 12 heteroatoms. The number of aliphatic hydroxyl groups is 1. The van der Waals surface area contributed by atoms with Gasteiger partial charge in [-0.05, 0) is 31.2 Å². The molecule has 0 aliphatic carbocycles. The molecule has 4 rings (SSSR count). The number of aromatic nitrogens is 3. The number of aliphatic carboxylic acids is 1. The van der Waals surface area contributed by atoms with Gasteiger partial charge >= 0.3 is 12.1 Å². The van der Waals surface area contributed by atoms with Crippen molar-refractivity contribution >= 4 is 38.6 Å². The van der Waals surface area contributed by atoms with Crippen LogP contribution in [0.15, 0.2) is 17.6 Å². The van der Waals surface area contributed by atoms with E-state index in [4.69, 9.17) is 15.2 Å². The number of likely N-dealkylation sites (tertiary alicyclic amines) is 1. The molecule has 0 unspecified atom stereocenters. The Hall–Kier alpha value is -2.75. The van der Waals surface area contributed by atoms with Crippen LogP contribution in [0.4, 0.5) is 13.2 Å². The van der Waals surface area contributed by atoms with E-state index in [0.29, 0.717) is 18.4 Å². The number of carboxylic acids is 1. The van der Waals surface area contributed by atoms with Crippen LogP contribution in [0.25, 0.3) is 21.3 Å². The molecular formula is C19H20F3N5O3S. The molecule has 0 amide bonds. The molecule has 1 aliphatic heterocycles. The summed E-state index contributed by atoms with van der Waals surface area (Å²) >= 11 is 1.67. The maximum atomic E-state index is 10.6. The van der Waals surface area contributed by atoms with Gasteiger partial charge in [0.15, 0.2) is 0 Å². The molecule has 1 aliphatic rings. The zero-order chi connectivity index (χ0) is 22.8. The summed E-state index contributed by atoms with van der Waals surface area (Å²) in [4.78, 5) is 20.2. The summed E-state index contributed by atoms with van der Waals surface area (Å²) in [6.45, 7) is 4.05. The Morgan fingerprint density at radius 2 is 2.03 bits per heavy atom. The Bertz CT molecular complexity index is 1110. The van der Waals surface area contributed by atoms with Crippen molar-refractivity contribution in [3.8, 4) is 6.07 Å². The van der Waals surface area contributed by atoms with Crippen LogP contribution in [0.2, 0.25) is 0 Å². The lowest BCUT2D eigenvalue weighted by Gasteiger charge is -2.32. The Kier molecular flexibility index (Phi) is 6.78. The minimum Gasteiger partial charge on any atom is -0.475 e. The summed E-state index contributed by atoms with van der Waals surface area (Å²) in [7, 11) is 0. The molecule has 4 heterocycles. The van der Waals surface area contributed by atoms with E-state index in [1.807, 2.05) is 11.4 Å². The van der Waals surface area contributed by atoms with Crippen molar-refractivity contribution < 1.29 is 28.2 Å². The van der Waals surface area contributed by atoms with E-state index in [0.717, 1.165) is 47.2 Å². The number of pyridine rings is 1. The quantitative estimate of drug-likeness (QED) is 0.581. The van der Waals surface area contributed by atoms with E-state index in [2.05, 4.69) is 25.5 Å². The highest BCUT2D eigenvalue weighted by Crippen LogP contribution is 2.35. The number of nitrogens with zero attached hydrogens (tertiary/aromatic N) is 5. The van der Waals surface area contributed by atoms with Crippen molar-refractivity contribution in [1.82, 2.24) is 19.4 Å². The number of alkyl halides is 3. The fraction of sp³-hybridized carbons (Fsp3) is 0.474. The van der Waals surface area contributed by atoms with Crippen molar-refractivity contribution in [3.05, 3.63) is 23.5 Å². The molecule has 3 aromatic heterocycles. The molecule has 1 fully saturated rings. The predicted octanol–water partition coefficient (Wildman–Crippen LogP) is 3.49. The normalized spacial score (nSPS) is 16.6.